The Morgan fingerprint density at radius 1 is 1.33 bits per heavy atom. The summed E-state index contributed by atoms with van der Waals surface area (Å²) < 4.78 is 42.4. The number of aldehydes is 1. The second-order valence-electron chi connectivity index (χ2n) is 3.46. The van der Waals surface area contributed by atoms with Crippen molar-refractivity contribution in [2.45, 2.75) is 6.92 Å². The van der Waals surface area contributed by atoms with E-state index >= 15 is 0 Å². The van der Waals surface area contributed by atoms with Gasteiger partial charge in [0.05, 0.1) is 12.7 Å². The third-order valence-electron chi connectivity index (χ3n) is 2.39. The summed E-state index contributed by atoms with van der Waals surface area (Å²) in [7, 11) is 1.06. The van der Waals surface area contributed by atoms with Crippen molar-refractivity contribution in [3.63, 3.8) is 0 Å². The van der Waals surface area contributed by atoms with Crippen molar-refractivity contribution in [1.29, 1.82) is 0 Å². The molecule has 0 spiro atoms. The summed E-state index contributed by atoms with van der Waals surface area (Å²) in [5.41, 5.74) is -1.58. The SMILES string of the molecule is COC(=O)c1cc(C=O)c(C)c([B-](F)(F)F)c1.[K+]. The van der Waals surface area contributed by atoms with E-state index in [9.17, 15) is 22.5 Å². The molecule has 0 unspecified atom stereocenters. The third-order valence-corrected chi connectivity index (χ3v) is 2.39. The summed E-state index contributed by atoms with van der Waals surface area (Å²) in [5.74, 6) is -0.908. The number of hydrogen-bond acceptors (Lipinski definition) is 3. The molecule has 0 saturated carbocycles. The van der Waals surface area contributed by atoms with Gasteiger partial charge in [-0.3, -0.25) is 4.79 Å². The van der Waals surface area contributed by atoms with Crippen molar-refractivity contribution >= 4 is 24.7 Å². The molecule has 0 aliphatic heterocycles. The van der Waals surface area contributed by atoms with Crippen LogP contribution in [0.3, 0.4) is 0 Å². The van der Waals surface area contributed by atoms with Gasteiger partial charge in [-0.15, -0.1) is 5.46 Å². The fraction of sp³-hybridized carbons (Fsp3) is 0.200. The molecule has 18 heavy (non-hydrogen) atoms. The standard InChI is InChI=1S/C10H9BF3O3.K/c1-6-8(5-15)3-7(10(16)17-2)4-9(6)11(12,13)14;/h3-5H,1-2H3;/q-1;+1. The zero-order valence-corrected chi connectivity index (χ0v) is 13.3. The second kappa shape index (κ2) is 6.86. The zero-order valence-electron chi connectivity index (χ0n) is 10.2. The number of carbonyl (C=O) groups is 2. The molecule has 0 N–H and O–H groups in total. The molecule has 0 radical (unpaired) electrons. The van der Waals surface area contributed by atoms with Crippen LogP contribution >= 0.6 is 0 Å². The second-order valence-corrected chi connectivity index (χ2v) is 3.46. The molecule has 0 aliphatic carbocycles. The molecule has 0 saturated heterocycles. The monoisotopic (exact) mass is 284 g/mol. The molecule has 8 heteroatoms. The van der Waals surface area contributed by atoms with Gasteiger partial charge in [0.25, 0.3) is 0 Å². The molecule has 1 aromatic rings. The first-order valence-electron chi connectivity index (χ1n) is 4.69. The van der Waals surface area contributed by atoms with Crippen LogP contribution in [0, 0.1) is 6.92 Å². The molecule has 0 heterocycles. The van der Waals surface area contributed by atoms with Gasteiger partial charge < -0.3 is 17.7 Å². The predicted octanol–water partition coefficient (Wildman–Crippen LogP) is -1.35. The average Bonchev–Trinajstić information content (AvgIpc) is 2.26. The molecule has 0 fully saturated rings. The fourth-order valence-corrected chi connectivity index (χ4v) is 1.46. The van der Waals surface area contributed by atoms with E-state index in [2.05, 4.69) is 4.74 Å². The molecular weight excluding hydrogens is 275 g/mol. The maximum atomic E-state index is 12.7. The molecule has 0 bridgehead atoms. The maximum absolute atomic E-state index is 12.7. The van der Waals surface area contributed by atoms with Crippen LogP contribution in [-0.4, -0.2) is 26.3 Å². The molecule has 0 aliphatic rings. The Labute approximate surface area is 145 Å². The summed E-state index contributed by atoms with van der Waals surface area (Å²) in [5, 5.41) is 0. The maximum Gasteiger partial charge on any atom is 1.00 e. The van der Waals surface area contributed by atoms with Gasteiger partial charge in [-0.25, -0.2) is 4.79 Å². The summed E-state index contributed by atoms with van der Waals surface area (Å²) in [6, 6.07) is 1.79. The largest absolute Gasteiger partial charge is 1.00 e. The number of benzene rings is 1. The molecule has 92 valence electrons. The molecule has 0 amide bonds. The van der Waals surface area contributed by atoms with E-state index in [1.54, 1.807) is 0 Å². The molecule has 0 atom stereocenters. The fourth-order valence-electron chi connectivity index (χ4n) is 1.46. The Bertz CT molecular complexity index is 474. The van der Waals surface area contributed by atoms with Gasteiger partial charge in [-0.2, -0.15) is 0 Å². The first-order chi connectivity index (χ1) is 7.81. The minimum absolute atomic E-state index is 0. The minimum Gasteiger partial charge on any atom is -0.465 e. The first kappa shape index (κ1) is 17.9. The summed E-state index contributed by atoms with van der Waals surface area (Å²) in [4.78, 5) is 21.8. The zero-order chi connectivity index (χ0) is 13.2. The van der Waals surface area contributed by atoms with Crippen LogP contribution in [0.25, 0.3) is 0 Å². The Morgan fingerprint density at radius 2 is 1.89 bits per heavy atom. The van der Waals surface area contributed by atoms with E-state index in [4.69, 9.17) is 0 Å². The normalized spacial score (nSPS) is 10.5. The van der Waals surface area contributed by atoms with E-state index in [1.165, 1.54) is 6.92 Å². The van der Waals surface area contributed by atoms with Gasteiger partial charge in [-0.1, -0.05) is 11.6 Å². The van der Waals surface area contributed by atoms with Gasteiger partial charge in [0.1, 0.15) is 6.29 Å². The van der Waals surface area contributed by atoms with E-state index in [1.807, 2.05) is 0 Å². The van der Waals surface area contributed by atoms with E-state index in [0.717, 1.165) is 13.2 Å². The summed E-state index contributed by atoms with van der Waals surface area (Å²) in [6.07, 6.45) is 0.285. The predicted molar refractivity (Wildman–Crippen MR) is 56.6 cm³/mol. The van der Waals surface area contributed by atoms with Gasteiger partial charge in [0.15, 0.2) is 0 Å². The number of ether oxygens (including phenoxy) is 1. The van der Waals surface area contributed by atoms with Crippen molar-refractivity contribution in [2.75, 3.05) is 7.11 Å². The van der Waals surface area contributed by atoms with E-state index < -0.39 is 18.4 Å². The first-order valence-corrected chi connectivity index (χ1v) is 4.69. The quantitative estimate of drug-likeness (QED) is 0.392. The van der Waals surface area contributed by atoms with E-state index in [-0.39, 0.29) is 74.4 Å². The summed E-state index contributed by atoms with van der Waals surface area (Å²) in [6.45, 7) is -4.09. The average molecular weight is 284 g/mol. The van der Waals surface area contributed by atoms with Crippen molar-refractivity contribution in [3.05, 3.63) is 28.8 Å². The number of esters is 1. The van der Waals surface area contributed by atoms with Crippen molar-refractivity contribution in [1.82, 2.24) is 0 Å². The van der Waals surface area contributed by atoms with Crippen molar-refractivity contribution < 1.29 is 78.7 Å². The van der Waals surface area contributed by atoms with Crippen molar-refractivity contribution in [3.8, 4) is 0 Å². The van der Waals surface area contributed by atoms with Crippen LogP contribution < -0.4 is 56.8 Å². The Kier molecular flexibility index (Phi) is 6.80. The van der Waals surface area contributed by atoms with Gasteiger partial charge in [-0.05, 0) is 13.0 Å². The van der Waals surface area contributed by atoms with Crippen molar-refractivity contribution in [2.24, 2.45) is 0 Å². The topological polar surface area (TPSA) is 43.4 Å². The number of methoxy groups -OCH3 is 1. The molecule has 3 nitrogen and oxygen atoms in total. The van der Waals surface area contributed by atoms with Crippen LogP contribution in [0.5, 0.6) is 0 Å². The molecular formula is C10H9BF3KO3. The summed E-state index contributed by atoms with van der Waals surface area (Å²) >= 11 is 0. The Hall–Kier alpha value is -0.149. The van der Waals surface area contributed by atoms with Crippen LogP contribution in [-0.2, 0) is 4.74 Å². The van der Waals surface area contributed by atoms with E-state index in [0.29, 0.717) is 6.07 Å². The number of rotatable bonds is 3. The Balaban J connectivity index is 0.00000289. The Morgan fingerprint density at radius 3 is 2.28 bits per heavy atom. The van der Waals surface area contributed by atoms with Crippen LogP contribution in [0.1, 0.15) is 26.3 Å². The van der Waals surface area contributed by atoms with Gasteiger partial charge in [0, 0.05) is 5.56 Å². The molecule has 1 aromatic carbocycles. The number of hydrogen-bond donors (Lipinski definition) is 0. The smallest absolute Gasteiger partial charge is 0.465 e. The molecule has 0 aromatic heterocycles. The van der Waals surface area contributed by atoms with Crippen LogP contribution in [0.15, 0.2) is 12.1 Å². The third kappa shape index (κ3) is 3.92. The number of halogens is 3. The van der Waals surface area contributed by atoms with Crippen LogP contribution in [0.2, 0.25) is 0 Å². The number of carbonyl (C=O) groups excluding carboxylic acids is 2. The molecule has 1 rings (SSSR count). The van der Waals surface area contributed by atoms with Gasteiger partial charge in [0.2, 0.25) is 0 Å². The van der Waals surface area contributed by atoms with Crippen LogP contribution in [0.4, 0.5) is 12.9 Å². The minimum atomic E-state index is -5.28. The van der Waals surface area contributed by atoms with Gasteiger partial charge >= 0.3 is 64.3 Å².